The molecule has 0 radical (unpaired) electrons. The summed E-state index contributed by atoms with van der Waals surface area (Å²) in [6.45, 7) is 12.8. The van der Waals surface area contributed by atoms with Crippen molar-refractivity contribution in [2.45, 2.75) is 102 Å². The number of rotatable bonds is 4. The fourth-order valence-corrected chi connectivity index (χ4v) is 11.0. The number of amides is 1. The Morgan fingerprint density at radius 3 is 2.27 bits per heavy atom. The summed E-state index contributed by atoms with van der Waals surface area (Å²) in [7, 11) is 1.68. The first kappa shape index (κ1) is 37.4. The Morgan fingerprint density at radius 1 is 0.678 bits per heavy atom. The van der Waals surface area contributed by atoms with Gasteiger partial charge >= 0.3 is 0 Å². The molecule has 9 nitrogen and oxygen atoms in total. The highest BCUT2D eigenvalue weighted by atomic mass is 16.2. The number of nitrogens with one attached hydrogen (secondary N) is 1. The quantitative estimate of drug-likeness (QED) is 0.317. The third kappa shape index (κ3) is 6.06. The molecule has 0 spiro atoms. The van der Waals surface area contributed by atoms with Crippen LogP contribution in [0.1, 0.15) is 53.9 Å². The van der Waals surface area contributed by atoms with Gasteiger partial charge < -0.3 is 39.6 Å². The van der Waals surface area contributed by atoms with E-state index in [2.05, 4.69) is 190 Å². The molecule has 1 amide bonds. The Morgan fingerprint density at radius 2 is 1.46 bits per heavy atom. The van der Waals surface area contributed by atoms with Crippen LogP contribution < -0.4 is 5.32 Å². The van der Waals surface area contributed by atoms with E-state index in [0.717, 1.165) is 38.3 Å². The van der Waals surface area contributed by atoms with Crippen molar-refractivity contribution in [3.63, 3.8) is 0 Å². The molecule has 304 valence electrons. The van der Waals surface area contributed by atoms with E-state index in [0.29, 0.717) is 42.5 Å². The number of nitrogens with zero attached hydrogens (tertiary/aromatic N) is 7. The van der Waals surface area contributed by atoms with E-state index in [-0.39, 0.29) is 11.9 Å². The van der Waals surface area contributed by atoms with E-state index in [4.69, 9.17) is 0 Å². The molecule has 1 N–H and O–H groups in total. The summed E-state index contributed by atoms with van der Waals surface area (Å²) in [4.78, 5) is 29.1. The minimum atomic E-state index is -0.0159. The van der Waals surface area contributed by atoms with Gasteiger partial charge in [-0.25, -0.2) is 0 Å². The molecule has 0 aromatic rings. The van der Waals surface area contributed by atoms with Crippen molar-refractivity contribution in [1.82, 2.24) is 39.6 Å². The summed E-state index contributed by atoms with van der Waals surface area (Å²) in [5.41, 5.74) is 12.1. The number of hydrogen-bond donors (Lipinski definition) is 1. The topological polar surface area (TPSA) is 51.8 Å². The third-order valence-corrected chi connectivity index (χ3v) is 13.8. The molecule has 59 heavy (non-hydrogen) atoms. The predicted molar refractivity (Wildman–Crippen MR) is 237 cm³/mol. The highest BCUT2D eigenvalue weighted by Gasteiger charge is 2.55. The highest BCUT2D eigenvalue weighted by Crippen LogP contribution is 2.47. The highest BCUT2D eigenvalue weighted by molar-refractivity contribution is 5.93. The van der Waals surface area contributed by atoms with Crippen LogP contribution in [0.3, 0.4) is 0 Å². The zero-order valence-electron chi connectivity index (χ0n) is 35.3. The van der Waals surface area contributed by atoms with Gasteiger partial charge in [0.1, 0.15) is 5.70 Å². The summed E-state index contributed by atoms with van der Waals surface area (Å²) < 4.78 is 0. The van der Waals surface area contributed by atoms with Gasteiger partial charge in [0, 0.05) is 43.7 Å². The lowest BCUT2D eigenvalue weighted by atomic mass is 9.81. The van der Waals surface area contributed by atoms with Gasteiger partial charge in [0.15, 0.2) is 6.29 Å². The molecular formula is C50H58N8O. The molecule has 8 atom stereocenters. The van der Waals surface area contributed by atoms with Crippen LogP contribution >= 0.6 is 0 Å². The zero-order chi connectivity index (χ0) is 40.5. The lowest BCUT2D eigenvalue weighted by Gasteiger charge is -2.37. The summed E-state index contributed by atoms with van der Waals surface area (Å²) in [6, 6.07) is 2.92. The molecule has 9 heteroatoms. The van der Waals surface area contributed by atoms with Crippen molar-refractivity contribution in [3.05, 3.63) is 179 Å². The average Bonchev–Trinajstić information content (AvgIpc) is 4.02. The normalized spacial score (nSPS) is 32.3. The molecule has 11 aliphatic heterocycles. The van der Waals surface area contributed by atoms with Crippen LogP contribution in [0.4, 0.5) is 0 Å². The predicted octanol–water partition coefficient (Wildman–Crippen LogP) is 7.41. The van der Waals surface area contributed by atoms with Crippen LogP contribution in [0.5, 0.6) is 0 Å². The average molecular weight is 787 g/mol. The van der Waals surface area contributed by atoms with Gasteiger partial charge in [0.25, 0.3) is 5.91 Å². The first-order valence-corrected chi connectivity index (χ1v) is 21.8. The van der Waals surface area contributed by atoms with Crippen LogP contribution in [0.25, 0.3) is 0 Å². The molecule has 0 saturated carbocycles. The Balaban J connectivity index is 0.000000108. The lowest BCUT2D eigenvalue weighted by Crippen LogP contribution is -2.45. The second kappa shape index (κ2) is 14.8. The summed E-state index contributed by atoms with van der Waals surface area (Å²) in [5, 5.41) is 2.71. The van der Waals surface area contributed by atoms with Gasteiger partial charge in [-0.05, 0) is 90.3 Å². The number of carbonyl (C=O) groups is 1. The molecule has 8 unspecified atom stereocenters. The molecule has 0 aromatic heterocycles. The minimum absolute atomic E-state index is 0.0159. The van der Waals surface area contributed by atoms with Gasteiger partial charge in [-0.15, -0.1) is 0 Å². The van der Waals surface area contributed by atoms with Gasteiger partial charge in [-0.1, -0.05) is 99.8 Å². The standard InChI is InChI=1S/C19H21N3.C16H18N2.C15H19N3O/c1-3-14-8-10-16-18-6-4-5-17-15-9-7-13(2)11-20(15)19(22(17)18)21(16)12-14;1-3-12-6-7-17-10-18-9-11(2)8-13-4-5-14(12)16(17)15(13)18;1-3-11-7-8-12-13-5-4-6-14(15(19)16-2)18(13)10-17(12)9-11/h4-12,15-17,19H,3H2,1-2H3;4-9,15-16H,3,10H2,1-2H3;4-9,12-13H,3,10H2,1-2H3,(H,16,19). The van der Waals surface area contributed by atoms with E-state index in [1.807, 2.05) is 12.2 Å². The van der Waals surface area contributed by atoms with E-state index in [9.17, 15) is 4.79 Å². The number of fused-ring (bicyclic) bond motifs is 9. The van der Waals surface area contributed by atoms with Crippen LogP contribution in [0, 0.1) is 0 Å². The Kier molecular flexibility index (Phi) is 9.37. The maximum Gasteiger partial charge on any atom is 0.267 e. The first-order chi connectivity index (χ1) is 28.8. The molecule has 12 aliphatic rings. The second-order valence-corrected chi connectivity index (χ2v) is 17.3. The third-order valence-electron chi connectivity index (χ3n) is 13.8. The van der Waals surface area contributed by atoms with Crippen molar-refractivity contribution in [2.75, 3.05) is 20.4 Å². The van der Waals surface area contributed by atoms with Crippen LogP contribution in [0.2, 0.25) is 0 Å². The Labute approximate surface area is 350 Å². The fourth-order valence-electron chi connectivity index (χ4n) is 11.0. The van der Waals surface area contributed by atoms with Crippen molar-refractivity contribution >= 4 is 5.91 Å². The van der Waals surface area contributed by atoms with Gasteiger partial charge in [0.05, 0.1) is 55.6 Å². The SMILES string of the molecule is CCC1=C2C=CC3=CC(C)=CN4CN(C=C1)C2C34.CCC1=CN2C(C=C1)C1=CC=CC3C4C=CC(C)=CN4C2N13.CCC1=CN2CN3C(C(=O)NC)=CC=CC3C2C=C1. The molecule has 0 aromatic carbocycles. The van der Waals surface area contributed by atoms with E-state index in [1.165, 1.54) is 44.7 Å². The Bertz CT molecular complexity index is 2280. The smallest absolute Gasteiger partial charge is 0.267 e. The van der Waals surface area contributed by atoms with Crippen molar-refractivity contribution in [3.8, 4) is 0 Å². The number of hydrogen-bond acceptors (Lipinski definition) is 8. The second-order valence-electron chi connectivity index (χ2n) is 17.3. The van der Waals surface area contributed by atoms with E-state index in [1.54, 1.807) is 7.05 Å². The molecule has 11 heterocycles. The molecule has 12 rings (SSSR count). The molecule has 0 bridgehead atoms. The van der Waals surface area contributed by atoms with Gasteiger partial charge in [0.2, 0.25) is 0 Å². The van der Waals surface area contributed by atoms with Gasteiger partial charge in [-0.2, -0.15) is 0 Å². The van der Waals surface area contributed by atoms with E-state index < -0.39 is 0 Å². The number of allylic oxidation sites excluding steroid dienone is 14. The first-order valence-electron chi connectivity index (χ1n) is 21.8. The van der Waals surface area contributed by atoms with Crippen LogP contribution in [0.15, 0.2) is 179 Å². The van der Waals surface area contributed by atoms with Crippen LogP contribution in [-0.2, 0) is 4.79 Å². The molecular weight excluding hydrogens is 729 g/mol. The van der Waals surface area contributed by atoms with Gasteiger partial charge in [-0.3, -0.25) is 4.79 Å². The zero-order valence-corrected chi connectivity index (χ0v) is 35.3. The van der Waals surface area contributed by atoms with E-state index >= 15 is 0 Å². The maximum absolute atomic E-state index is 11.9. The van der Waals surface area contributed by atoms with Crippen LogP contribution in [-0.4, -0.2) is 109 Å². The lowest BCUT2D eigenvalue weighted by molar-refractivity contribution is -0.118. The molecule has 4 fully saturated rings. The monoisotopic (exact) mass is 786 g/mol. The molecule has 4 saturated heterocycles. The largest absolute Gasteiger partial charge is 0.354 e. The van der Waals surface area contributed by atoms with Crippen molar-refractivity contribution < 1.29 is 4.79 Å². The fraction of sp³-hybridized carbons (Fsp3) is 0.380. The molecule has 1 aliphatic carbocycles. The Hall–Kier alpha value is -5.83. The number of carbonyl (C=O) groups excluding carboxylic acids is 1. The maximum atomic E-state index is 11.9. The summed E-state index contributed by atoms with van der Waals surface area (Å²) >= 11 is 0. The minimum Gasteiger partial charge on any atom is -0.354 e. The number of likely N-dealkylation sites (N-methyl/N-ethyl adjacent to an activating group) is 1. The summed E-state index contributed by atoms with van der Waals surface area (Å²) in [6.07, 6.45) is 51.0. The summed E-state index contributed by atoms with van der Waals surface area (Å²) in [5.74, 6) is -0.0159. The van der Waals surface area contributed by atoms with Crippen molar-refractivity contribution in [1.29, 1.82) is 0 Å². The van der Waals surface area contributed by atoms with Crippen molar-refractivity contribution in [2.24, 2.45) is 0 Å².